The molecule has 0 rings (SSSR count). The molecule has 4 N–H and O–H groups in total. The fraction of sp³-hybridized carbons (Fsp3) is 1.00. The summed E-state index contributed by atoms with van der Waals surface area (Å²) >= 11 is 0. The first-order valence-electron chi connectivity index (χ1n) is 5.30. The van der Waals surface area contributed by atoms with Crippen LogP contribution in [0, 0.1) is 0 Å². The van der Waals surface area contributed by atoms with E-state index in [4.69, 9.17) is 20.4 Å². The van der Waals surface area contributed by atoms with Crippen molar-refractivity contribution in [2.75, 3.05) is 26.4 Å². The SMILES string of the molecule is CCO[Si](CCO)(CCO)CCCN. The van der Waals surface area contributed by atoms with Gasteiger partial charge in [0.2, 0.25) is 0 Å². The zero-order chi connectivity index (χ0) is 10.9. The molecule has 86 valence electrons. The minimum Gasteiger partial charge on any atom is -0.417 e. The van der Waals surface area contributed by atoms with Crippen molar-refractivity contribution in [2.24, 2.45) is 5.73 Å². The van der Waals surface area contributed by atoms with Gasteiger partial charge in [-0.25, -0.2) is 0 Å². The molecule has 0 atom stereocenters. The Kier molecular flexibility index (Phi) is 8.41. The second kappa shape index (κ2) is 8.37. The van der Waals surface area contributed by atoms with Gasteiger partial charge in [-0.1, -0.05) is 0 Å². The first-order valence-corrected chi connectivity index (χ1v) is 7.83. The largest absolute Gasteiger partial charge is 0.417 e. The van der Waals surface area contributed by atoms with Gasteiger partial charge in [0, 0.05) is 19.8 Å². The van der Waals surface area contributed by atoms with Crippen LogP contribution in [0.3, 0.4) is 0 Å². The third kappa shape index (κ3) is 5.07. The normalized spacial score (nSPS) is 12.0. The average Bonchev–Trinajstić information content (AvgIpc) is 2.16. The van der Waals surface area contributed by atoms with Gasteiger partial charge in [-0.15, -0.1) is 0 Å². The van der Waals surface area contributed by atoms with Crippen molar-refractivity contribution in [2.45, 2.75) is 31.5 Å². The molecule has 5 heteroatoms. The summed E-state index contributed by atoms with van der Waals surface area (Å²) in [6.07, 6.45) is 0.923. The lowest BCUT2D eigenvalue weighted by Crippen LogP contribution is -2.40. The number of hydrogen-bond donors (Lipinski definition) is 3. The number of nitrogens with two attached hydrogens (primary N) is 1. The standard InChI is InChI=1S/C9H23NO3Si/c1-2-13-14(8-5-11,9-6-12)7-3-4-10/h11-12H,2-10H2,1H3. The first-order chi connectivity index (χ1) is 6.74. The Morgan fingerprint density at radius 1 is 1.14 bits per heavy atom. The van der Waals surface area contributed by atoms with E-state index in [0.717, 1.165) is 12.5 Å². The summed E-state index contributed by atoms with van der Waals surface area (Å²) in [6, 6.07) is 2.36. The van der Waals surface area contributed by atoms with Gasteiger partial charge >= 0.3 is 0 Å². The molecule has 0 aromatic heterocycles. The van der Waals surface area contributed by atoms with Crippen LogP contribution in [0.25, 0.3) is 0 Å². The summed E-state index contributed by atoms with van der Waals surface area (Å²) in [5, 5.41) is 18.0. The van der Waals surface area contributed by atoms with Crippen LogP contribution < -0.4 is 5.73 Å². The molecule has 0 aromatic carbocycles. The smallest absolute Gasteiger partial charge is 0.197 e. The van der Waals surface area contributed by atoms with E-state index >= 15 is 0 Å². The van der Waals surface area contributed by atoms with Crippen molar-refractivity contribution in [3.63, 3.8) is 0 Å². The third-order valence-electron chi connectivity index (χ3n) is 2.42. The van der Waals surface area contributed by atoms with Gasteiger partial charge in [-0.2, -0.15) is 0 Å². The molecule has 0 saturated heterocycles. The van der Waals surface area contributed by atoms with Crippen molar-refractivity contribution in [1.82, 2.24) is 0 Å². The highest BCUT2D eigenvalue weighted by molar-refractivity contribution is 6.73. The van der Waals surface area contributed by atoms with E-state index in [1.54, 1.807) is 0 Å². The van der Waals surface area contributed by atoms with Gasteiger partial charge in [-0.05, 0) is 38.0 Å². The molecule has 0 fully saturated rings. The van der Waals surface area contributed by atoms with Crippen LogP contribution in [0.2, 0.25) is 18.1 Å². The van der Waals surface area contributed by atoms with Crippen molar-refractivity contribution in [3.05, 3.63) is 0 Å². The minimum absolute atomic E-state index is 0.150. The van der Waals surface area contributed by atoms with Gasteiger partial charge in [0.25, 0.3) is 0 Å². The molecule has 14 heavy (non-hydrogen) atoms. The summed E-state index contributed by atoms with van der Waals surface area (Å²) in [5.41, 5.74) is 5.47. The molecule has 0 aliphatic rings. The molecular formula is C9H23NO3Si. The zero-order valence-electron chi connectivity index (χ0n) is 9.04. The van der Waals surface area contributed by atoms with Crippen molar-refractivity contribution in [1.29, 1.82) is 0 Å². The third-order valence-corrected chi connectivity index (χ3v) is 6.86. The number of aliphatic hydroxyl groups excluding tert-OH is 2. The highest BCUT2D eigenvalue weighted by Crippen LogP contribution is 2.23. The summed E-state index contributed by atoms with van der Waals surface area (Å²) in [7, 11) is -1.90. The van der Waals surface area contributed by atoms with Crippen LogP contribution in [0.5, 0.6) is 0 Å². The van der Waals surface area contributed by atoms with Gasteiger partial charge < -0.3 is 20.4 Å². The molecule has 0 unspecified atom stereocenters. The lowest BCUT2D eigenvalue weighted by Gasteiger charge is -2.29. The quantitative estimate of drug-likeness (QED) is 0.490. The minimum atomic E-state index is -1.90. The molecule has 0 saturated carbocycles. The molecule has 0 amide bonds. The molecule has 0 spiro atoms. The van der Waals surface area contributed by atoms with Crippen molar-refractivity contribution in [3.8, 4) is 0 Å². The van der Waals surface area contributed by atoms with E-state index < -0.39 is 8.32 Å². The van der Waals surface area contributed by atoms with Crippen LogP contribution in [0.15, 0.2) is 0 Å². The molecule has 0 aliphatic carbocycles. The van der Waals surface area contributed by atoms with E-state index in [9.17, 15) is 0 Å². The Morgan fingerprint density at radius 3 is 2.07 bits per heavy atom. The highest BCUT2D eigenvalue weighted by atomic mass is 28.4. The molecule has 0 aromatic rings. The topological polar surface area (TPSA) is 75.7 Å². The fourth-order valence-corrected chi connectivity index (χ4v) is 5.19. The summed E-state index contributed by atoms with van der Waals surface area (Å²) in [5.74, 6) is 0. The molecular weight excluding hydrogens is 198 g/mol. The van der Waals surface area contributed by atoms with Crippen molar-refractivity contribution >= 4 is 8.32 Å². The van der Waals surface area contributed by atoms with Crippen LogP contribution in [-0.4, -0.2) is 44.9 Å². The van der Waals surface area contributed by atoms with Gasteiger partial charge in [0.15, 0.2) is 8.32 Å². The first kappa shape index (κ1) is 14.1. The van der Waals surface area contributed by atoms with Crippen LogP contribution in [-0.2, 0) is 4.43 Å². The predicted octanol–water partition coefficient (Wildman–Crippen LogP) is 0.302. The van der Waals surface area contributed by atoms with Crippen LogP contribution in [0.1, 0.15) is 13.3 Å². The Hall–Kier alpha value is 0.0569. The lowest BCUT2D eigenvalue weighted by molar-refractivity contribution is 0.264. The van der Waals surface area contributed by atoms with Crippen molar-refractivity contribution < 1.29 is 14.6 Å². The number of rotatable bonds is 9. The maximum absolute atomic E-state index is 9.00. The monoisotopic (exact) mass is 221 g/mol. The Labute approximate surface area is 87.2 Å². The molecule has 0 bridgehead atoms. The van der Waals surface area contributed by atoms with Crippen LogP contribution in [0.4, 0.5) is 0 Å². The summed E-state index contributed by atoms with van der Waals surface area (Å²) < 4.78 is 5.78. The highest BCUT2D eigenvalue weighted by Gasteiger charge is 2.32. The second-order valence-corrected chi connectivity index (χ2v) is 7.61. The summed E-state index contributed by atoms with van der Waals surface area (Å²) in [4.78, 5) is 0. The molecule has 0 radical (unpaired) electrons. The van der Waals surface area contributed by atoms with Gasteiger partial charge in [0.05, 0.1) is 0 Å². The van der Waals surface area contributed by atoms with E-state index in [-0.39, 0.29) is 13.2 Å². The van der Waals surface area contributed by atoms with E-state index in [0.29, 0.717) is 25.2 Å². The lowest BCUT2D eigenvalue weighted by atomic mass is 10.5. The van der Waals surface area contributed by atoms with Crippen LogP contribution >= 0.6 is 0 Å². The Bertz CT molecular complexity index is 118. The molecule has 0 aliphatic heterocycles. The van der Waals surface area contributed by atoms with Gasteiger partial charge in [-0.3, -0.25) is 0 Å². The Balaban J connectivity index is 4.21. The molecule has 4 nitrogen and oxygen atoms in total. The van der Waals surface area contributed by atoms with E-state index in [1.807, 2.05) is 6.92 Å². The number of hydrogen-bond acceptors (Lipinski definition) is 4. The summed E-state index contributed by atoms with van der Waals surface area (Å²) in [6.45, 7) is 3.57. The van der Waals surface area contributed by atoms with Gasteiger partial charge in [0.1, 0.15) is 0 Å². The Morgan fingerprint density at radius 2 is 1.71 bits per heavy atom. The average molecular weight is 221 g/mol. The fourth-order valence-electron chi connectivity index (χ4n) is 1.73. The predicted molar refractivity (Wildman–Crippen MR) is 59.6 cm³/mol. The van der Waals surface area contributed by atoms with E-state index in [2.05, 4.69) is 0 Å². The van der Waals surface area contributed by atoms with E-state index in [1.165, 1.54) is 0 Å². The number of aliphatic hydroxyl groups is 2. The zero-order valence-corrected chi connectivity index (χ0v) is 10.0. The molecule has 0 heterocycles. The second-order valence-electron chi connectivity index (χ2n) is 3.46. The maximum atomic E-state index is 9.00. The maximum Gasteiger partial charge on any atom is 0.197 e.